The molecule has 1 saturated heterocycles. The molecule has 1 fully saturated rings. The number of carbonyl (C=O) groups is 3. The third-order valence-electron chi connectivity index (χ3n) is 4.20. The molecule has 1 aliphatic rings. The van der Waals surface area contributed by atoms with Gasteiger partial charge < -0.3 is 5.32 Å². The summed E-state index contributed by atoms with van der Waals surface area (Å²) >= 11 is 5.79. The molecule has 1 heterocycles. The van der Waals surface area contributed by atoms with Gasteiger partial charge in [-0.05, 0) is 29.8 Å². The second-order valence-electron chi connectivity index (χ2n) is 5.85. The minimum Gasteiger partial charge on any atom is -0.325 e. The van der Waals surface area contributed by atoms with Gasteiger partial charge in [-0.1, -0.05) is 23.7 Å². The average Bonchev–Trinajstić information content (AvgIpc) is 2.88. The number of anilines is 1. The molecular formula is C17H13ClN4O5. The Morgan fingerprint density at radius 1 is 1.07 bits per heavy atom. The lowest BCUT2D eigenvalue weighted by molar-refractivity contribution is -0.384. The van der Waals surface area contributed by atoms with Crippen LogP contribution in [0.2, 0.25) is 5.02 Å². The molecule has 10 heteroatoms. The molecule has 2 aromatic rings. The zero-order valence-electron chi connectivity index (χ0n) is 13.7. The van der Waals surface area contributed by atoms with E-state index in [1.54, 1.807) is 24.3 Å². The zero-order valence-corrected chi connectivity index (χ0v) is 14.4. The van der Waals surface area contributed by atoms with E-state index in [1.165, 1.54) is 24.3 Å². The van der Waals surface area contributed by atoms with Gasteiger partial charge in [0.2, 0.25) is 5.91 Å². The molecule has 138 valence electrons. The number of hydrogen-bond donors (Lipinski definition) is 2. The predicted molar refractivity (Wildman–Crippen MR) is 95.4 cm³/mol. The van der Waals surface area contributed by atoms with Crippen molar-refractivity contribution in [3.05, 3.63) is 69.2 Å². The molecule has 0 aromatic heterocycles. The number of nitrogens with zero attached hydrogens (tertiary/aromatic N) is 2. The van der Waals surface area contributed by atoms with Crippen LogP contribution in [-0.4, -0.2) is 27.7 Å². The van der Waals surface area contributed by atoms with Crippen LogP contribution in [0.4, 0.5) is 11.4 Å². The maximum atomic E-state index is 12.7. The number of imide groups is 1. The molecule has 0 saturated carbocycles. The van der Waals surface area contributed by atoms with Crippen LogP contribution < -0.4 is 11.2 Å². The first kappa shape index (κ1) is 18.5. The number of nitro benzene ring substituents is 1. The smallest absolute Gasteiger partial charge is 0.269 e. The summed E-state index contributed by atoms with van der Waals surface area (Å²) in [6.45, 7) is 0. The van der Waals surface area contributed by atoms with Crippen molar-refractivity contribution in [2.24, 2.45) is 11.8 Å². The fraction of sp³-hybridized carbons (Fsp3) is 0.118. The van der Waals surface area contributed by atoms with E-state index in [0.29, 0.717) is 15.7 Å². The van der Waals surface area contributed by atoms with Crippen molar-refractivity contribution in [1.82, 2.24) is 5.01 Å². The number of nitrogens with one attached hydrogen (secondary N) is 1. The summed E-state index contributed by atoms with van der Waals surface area (Å²) in [6, 6.07) is 11.3. The van der Waals surface area contributed by atoms with Gasteiger partial charge in [-0.25, -0.2) is 10.9 Å². The summed E-state index contributed by atoms with van der Waals surface area (Å²) in [5.74, 6) is 0.611. The first-order chi connectivity index (χ1) is 12.8. The standard InChI is InChI=1S/C17H13ClN4O5/c18-10-3-5-11(6-4-10)20-15(23)14-13(16(24)21(19)17(14)25)9-1-7-12(8-2-9)22(26)27/h1-8,13-14H,19H2,(H,20,23)/t13-,14+/m0/s1. The van der Waals surface area contributed by atoms with E-state index in [9.17, 15) is 24.5 Å². The van der Waals surface area contributed by atoms with Crippen LogP contribution in [0.3, 0.4) is 0 Å². The van der Waals surface area contributed by atoms with Crippen LogP contribution in [-0.2, 0) is 14.4 Å². The number of carbonyl (C=O) groups excluding carboxylic acids is 3. The van der Waals surface area contributed by atoms with E-state index in [4.69, 9.17) is 17.4 Å². The van der Waals surface area contributed by atoms with Crippen LogP contribution in [0.5, 0.6) is 0 Å². The monoisotopic (exact) mass is 388 g/mol. The van der Waals surface area contributed by atoms with E-state index < -0.39 is 34.5 Å². The summed E-state index contributed by atoms with van der Waals surface area (Å²) in [5, 5.41) is 14.2. The molecule has 0 bridgehead atoms. The number of nitro groups is 1. The molecule has 2 atom stereocenters. The molecule has 0 aliphatic carbocycles. The van der Waals surface area contributed by atoms with Crippen LogP contribution in [0, 0.1) is 16.0 Å². The van der Waals surface area contributed by atoms with Gasteiger partial charge in [0.15, 0.2) is 0 Å². The van der Waals surface area contributed by atoms with Gasteiger partial charge in [0, 0.05) is 22.8 Å². The molecule has 3 amide bonds. The topological polar surface area (TPSA) is 136 Å². The van der Waals surface area contributed by atoms with E-state index in [-0.39, 0.29) is 11.3 Å². The molecule has 0 radical (unpaired) electrons. The molecule has 0 spiro atoms. The fourth-order valence-electron chi connectivity index (χ4n) is 2.85. The van der Waals surface area contributed by atoms with E-state index in [1.807, 2.05) is 0 Å². The van der Waals surface area contributed by atoms with Gasteiger partial charge in [-0.2, -0.15) is 0 Å². The van der Waals surface area contributed by atoms with Crippen molar-refractivity contribution in [1.29, 1.82) is 0 Å². The Hall–Kier alpha value is -3.30. The van der Waals surface area contributed by atoms with Gasteiger partial charge in [-0.3, -0.25) is 24.5 Å². The normalized spacial score (nSPS) is 19.3. The van der Waals surface area contributed by atoms with Crippen molar-refractivity contribution in [2.45, 2.75) is 5.92 Å². The van der Waals surface area contributed by atoms with E-state index in [0.717, 1.165) is 0 Å². The Bertz CT molecular complexity index is 929. The largest absolute Gasteiger partial charge is 0.325 e. The summed E-state index contributed by atoms with van der Waals surface area (Å²) in [6.07, 6.45) is 0. The van der Waals surface area contributed by atoms with Gasteiger partial charge in [-0.15, -0.1) is 0 Å². The lowest BCUT2D eigenvalue weighted by Gasteiger charge is -2.15. The Labute approximate surface area is 157 Å². The van der Waals surface area contributed by atoms with Gasteiger partial charge >= 0.3 is 0 Å². The summed E-state index contributed by atoms with van der Waals surface area (Å²) in [4.78, 5) is 47.6. The van der Waals surface area contributed by atoms with Gasteiger partial charge in [0.1, 0.15) is 5.92 Å². The second kappa shape index (κ2) is 7.14. The number of hydrazine groups is 1. The molecule has 2 aromatic carbocycles. The van der Waals surface area contributed by atoms with E-state index in [2.05, 4.69) is 5.32 Å². The molecule has 3 rings (SSSR count). The number of rotatable bonds is 4. The van der Waals surface area contributed by atoms with Crippen LogP contribution in [0.15, 0.2) is 48.5 Å². The summed E-state index contributed by atoms with van der Waals surface area (Å²) in [5.41, 5.74) is 0.494. The molecule has 9 nitrogen and oxygen atoms in total. The zero-order chi connectivity index (χ0) is 19.7. The Balaban J connectivity index is 1.91. The summed E-state index contributed by atoms with van der Waals surface area (Å²) in [7, 11) is 0. The van der Waals surface area contributed by atoms with Crippen molar-refractivity contribution >= 4 is 40.7 Å². The lowest BCUT2D eigenvalue weighted by atomic mass is 9.87. The SMILES string of the molecule is NN1C(=O)[C@@H](C(=O)Nc2ccc(Cl)cc2)[C@H](c2ccc([N+](=O)[O-])cc2)C1=O. The number of benzene rings is 2. The van der Waals surface area contributed by atoms with E-state index >= 15 is 0 Å². The number of halogens is 1. The van der Waals surface area contributed by atoms with Crippen molar-refractivity contribution in [3.63, 3.8) is 0 Å². The minimum absolute atomic E-state index is 0.178. The average molecular weight is 389 g/mol. The summed E-state index contributed by atoms with van der Waals surface area (Å²) < 4.78 is 0. The Morgan fingerprint density at radius 2 is 1.67 bits per heavy atom. The molecule has 1 aliphatic heterocycles. The Kier molecular flexibility index (Phi) is 4.89. The quantitative estimate of drug-likeness (QED) is 0.205. The third kappa shape index (κ3) is 3.50. The van der Waals surface area contributed by atoms with Crippen LogP contribution in [0.25, 0.3) is 0 Å². The molecule has 3 N–H and O–H groups in total. The number of nitrogens with two attached hydrogens (primary N) is 1. The first-order valence-electron chi connectivity index (χ1n) is 7.73. The predicted octanol–water partition coefficient (Wildman–Crippen LogP) is 1.83. The van der Waals surface area contributed by atoms with Crippen molar-refractivity contribution < 1.29 is 19.3 Å². The number of hydrogen-bond acceptors (Lipinski definition) is 6. The highest BCUT2D eigenvalue weighted by atomic mass is 35.5. The van der Waals surface area contributed by atoms with Gasteiger partial charge in [0.25, 0.3) is 17.5 Å². The first-order valence-corrected chi connectivity index (χ1v) is 8.10. The number of non-ortho nitro benzene ring substituents is 1. The number of amides is 3. The Morgan fingerprint density at radius 3 is 2.22 bits per heavy atom. The second-order valence-corrected chi connectivity index (χ2v) is 6.28. The maximum absolute atomic E-state index is 12.7. The molecule has 0 unspecified atom stereocenters. The van der Waals surface area contributed by atoms with Crippen molar-refractivity contribution in [3.8, 4) is 0 Å². The highest BCUT2D eigenvalue weighted by Crippen LogP contribution is 2.35. The van der Waals surface area contributed by atoms with Crippen LogP contribution >= 0.6 is 11.6 Å². The maximum Gasteiger partial charge on any atom is 0.269 e. The van der Waals surface area contributed by atoms with Gasteiger partial charge in [0.05, 0.1) is 10.8 Å². The minimum atomic E-state index is -1.39. The lowest BCUT2D eigenvalue weighted by Crippen LogP contribution is -2.39. The van der Waals surface area contributed by atoms with Crippen LogP contribution in [0.1, 0.15) is 11.5 Å². The molecular weight excluding hydrogens is 376 g/mol. The highest BCUT2D eigenvalue weighted by molar-refractivity contribution is 6.30. The van der Waals surface area contributed by atoms with Crippen molar-refractivity contribution in [2.75, 3.05) is 5.32 Å². The fourth-order valence-corrected chi connectivity index (χ4v) is 2.97. The molecule has 27 heavy (non-hydrogen) atoms. The third-order valence-corrected chi connectivity index (χ3v) is 4.45. The highest BCUT2D eigenvalue weighted by Gasteiger charge is 2.51.